The number of halogens is 2. The second kappa shape index (κ2) is 20.2. The molecule has 0 amide bonds. The van der Waals surface area contributed by atoms with E-state index in [1.807, 2.05) is 24.3 Å². The van der Waals surface area contributed by atoms with E-state index in [1.165, 1.54) is 66.1 Å². The minimum atomic E-state index is -0.826. The summed E-state index contributed by atoms with van der Waals surface area (Å²) in [5, 5.41) is 5.13. The van der Waals surface area contributed by atoms with Crippen LogP contribution < -0.4 is 9.47 Å². The van der Waals surface area contributed by atoms with E-state index in [1.54, 1.807) is 14.2 Å². The van der Waals surface area contributed by atoms with Crippen LogP contribution in [0.5, 0.6) is 11.5 Å². The molecule has 0 bridgehead atoms. The number of hydrogen-bond acceptors (Lipinski definition) is 2. The molecule has 0 N–H and O–H groups in total. The summed E-state index contributed by atoms with van der Waals surface area (Å²) < 4.78 is 10.5. The molecule has 0 heterocycles. The van der Waals surface area contributed by atoms with Gasteiger partial charge in [0.05, 0.1) is 14.2 Å². The summed E-state index contributed by atoms with van der Waals surface area (Å²) in [7, 11) is 14.3. The molecule has 52 heavy (non-hydrogen) atoms. The van der Waals surface area contributed by atoms with E-state index in [2.05, 4.69) is 159 Å². The van der Waals surface area contributed by atoms with E-state index >= 15 is 0 Å². The Labute approximate surface area is 329 Å². The fraction of sp³-hybridized carbons (Fsp3) is 0.0870. The van der Waals surface area contributed by atoms with Crippen molar-refractivity contribution in [1.82, 2.24) is 0 Å². The summed E-state index contributed by atoms with van der Waals surface area (Å²) in [4.78, 5) is 0. The molecule has 0 fully saturated rings. The minimum absolute atomic E-state index is 0.826. The second-order valence-electron chi connectivity index (χ2n) is 11.9. The van der Waals surface area contributed by atoms with Gasteiger partial charge in [-0.15, -0.1) is 69.1 Å². The predicted molar refractivity (Wildman–Crippen MR) is 223 cm³/mol. The van der Waals surface area contributed by atoms with Gasteiger partial charge in [-0.1, -0.05) is 145 Å². The third kappa shape index (κ3) is 10.0. The molecular formula is C46H40Cl2O2SiZr. The molecule has 258 valence electrons. The average Bonchev–Trinajstić information content (AvgIpc) is 3.85. The van der Waals surface area contributed by atoms with Gasteiger partial charge in [0.1, 0.15) is 11.5 Å². The van der Waals surface area contributed by atoms with Gasteiger partial charge in [-0.25, -0.2) is 0 Å². The second-order valence-corrected chi connectivity index (χ2v) is 16.6. The maximum atomic E-state index is 5.25. The first-order valence-electron chi connectivity index (χ1n) is 16.9. The topological polar surface area (TPSA) is 18.5 Å². The number of methoxy groups -OCH3 is 2. The molecule has 0 saturated heterocycles. The summed E-state index contributed by atoms with van der Waals surface area (Å²) in [6.07, 6.45) is 0. The van der Waals surface area contributed by atoms with Crippen LogP contribution in [0, 0.1) is 0 Å². The van der Waals surface area contributed by atoms with E-state index in [0.717, 1.165) is 21.0 Å². The maximum absolute atomic E-state index is 5.25. The quantitative estimate of drug-likeness (QED) is 0.123. The number of benzene rings is 6. The Hall–Kier alpha value is -4.18. The molecule has 0 spiro atoms. The SMILES string of the molecule is COc1ccc(-c2cccc3[cH-]c(-c4ccccc4)cc23)cc1.COc1ccc(-c2cccc3[cH-]c(-c4ccccc4)cc23)cc1.C[Si]C.[Cl][Zr+2][Cl]. The molecule has 0 unspecified atom stereocenters. The zero-order chi connectivity index (χ0) is 36.7. The molecule has 8 aromatic carbocycles. The normalized spacial score (nSPS) is 10.1. The Morgan fingerprint density at radius 1 is 0.462 bits per heavy atom. The third-order valence-corrected chi connectivity index (χ3v) is 8.52. The third-order valence-electron chi connectivity index (χ3n) is 8.52. The molecule has 2 radical (unpaired) electrons. The van der Waals surface area contributed by atoms with Crippen LogP contribution in [0.1, 0.15) is 0 Å². The zero-order valence-electron chi connectivity index (χ0n) is 29.7. The van der Waals surface area contributed by atoms with Gasteiger partial charge in [0.2, 0.25) is 0 Å². The van der Waals surface area contributed by atoms with Crippen molar-refractivity contribution in [2.24, 2.45) is 0 Å². The molecular weight excluding hydrogens is 775 g/mol. The summed E-state index contributed by atoms with van der Waals surface area (Å²) in [5.41, 5.74) is 9.97. The summed E-state index contributed by atoms with van der Waals surface area (Å²) in [6, 6.07) is 59.6. The van der Waals surface area contributed by atoms with Crippen molar-refractivity contribution in [2.45, 2.75) is 13.1 Å². The Morgan fingerprint density at radius 2 is 0.808 bits per heavy atom. The Kier molecular flexibility index (Phi) is 15.1. The van der Waals surface area contributed by atoms with Gasteiger partial charge in [-0.2, -0.15) is 0 Å². The van der Waals surface area contributed by atoms with E-state index in [9.17, 15) is 0 Å². The molecule has 0 aliphatic rings. The molecule has 0 saturated carbocycles. The van der Waals surface area contributed by atoms with Crippen molar-refractivity contribution < 1.29 is 30.3 Å². The van der Waals surface area contributed by atoms with Crippen LogP contribution in [0.3, 0.4) is 0 Å². The zero-order valence-corrected chi connectivity index (χ0v) is 34.7. The number of rotatable bonds is 6. The first-order valence-corrected chi connectivity index (χ1v) is 25.2. The van der Waals surface area contributed by atoms with Crippen molar-refractivity contribution in [3.05, 3.63) is 170 Å². The summed E-state index contributed by atoms with van der Waals surface area (Å²) >= 11 is -0.826. The molecule has 2 nitrogen and oxygen atoms in total. The van der Waals surface area contributed by atoms with Crippen LogP contribution in [0.2, 0.25) is 13.1 Å². The molecule has 0 aliphatic carbocycles. The van der Waals surface area contributed by atoms with Crippen molar-refractivity contribution in [3.63, 3.8) is 0 Å². The Morgan fingerprint density at radius 3 is 1.13 bits per heavy atom. The van der Waals surface area contributed by atoms with Gasteiger partial charge in [-0.3, -0.25) is 0 Å². The Balaban J connectivity index is 0.000000175. The van der Waals surface area contributed by atoms with Crippen LogP contribution >= 0.6 is 17.0 Å². The predicted octanol–water partition coefficient (Wildman–Crippen LogP) is 14.0. The molecule has 8 aromatic rings. The monoisotopic (exact) mass is 812 g/mol. The van der Waals surface area contributed by atoms with E-state index < -0.39 is 20.8 Å². The molecule has 0 aromatic heterocycles. The fourth-order valence-corrected chi connectivity index (χ4v) is 6.11. The van der Waals surface area contributed by atoms with Crippen LogP contribution in [0.4, 0.5) is 0 Å². The van der Waals surface area contributed by atoms with Gasteiger partial charge < -0.3 is 9.47 Å². The first-order chi connectivity index (χ1) is 25.5. The van der Waals surface area contributed by atoms with Crippen molar-refractivity contribution in [1.29, 1.82) is 0 Å². The molecule has 6 heteroatoms. The van der Waals surface area contributed by atoms with Gasteiger partial charge in [-0.05, 0) is 35.4 Å². The number of fused-ring (bicyclic) bond motifs is 2. The summed E-state index contributed by atoms with van der Waals surface area (Å²) in [5.74, 6) is 1.77. The molecule has 0 atom stereocenters. The molecule has 8 rings (SSSR count). The van der Waals surface area contributed by atoms with Gasteiger partial charge in [0.15, 0.2) is 0 Å². The van der Waals surface area contributed by atoms with Crippen LogP contribution in [-0.4, -0.2) is 23.7 Å². The summed E-state index contributed by atoms with van der Waals surface area (Å²) in [6.45, 7) is 4.31. The number of hydrogen-bond donors (Lipinski definition) is 0. The van der Waals surface area contributed by atoms with Gasteiger partial charge >= 0.3 is 37.9 Å². The first kappa shape index (κ1) is 39.0. The number of ether oxygens (including phenoxy) is 2. The van der Waals surface area contributed by atoms with E-state index in [0.29, 0.717) is 0 Å². The van der Waals surface area contributed by atoms with Crippen molar-refractivity contribution in [3.8, 4) is 56.0 Å². The molecule has 0 aliphatic heterocycles. The fourth-order valence-electron chi connectivity index (χ4n) is 6.11. The van der Waals surface area contributed by atoms with Gasteiger partial charge in [0.25, 0.3) is 0 Å². The van der Waals surface area contributed by atoms with Crippen molar-refractivity contribution in [2.75, 3.05) is 14.2 Å². The standard InChI is InChI=1S/2C22H17O.C2H6Si.2ClH.Zr/c2*1-23-20-12-10-17(11-13-20)21-9-5-8-18-14-19(15-22(18)21)16-6-3-2-4-7-16;1-3-2;;;/h2*2-15H,1H3;1-2H3;2*1H;/q2*-1;;;;+4/p-2. The van der Waals surface area contributed by atoms with E-state index in [4.69, 9.17) is 26.5 Å². The van der Waals surface area contributed by atoms with Gasteiger partial charge in [0, 0.05) is 9.52 Å². The van der Waals surface area contributed by atoms with Crippen molar-refractivity contribution >= 4 is 48.1 Å². The van der Waals surface area contributed by atoms with Crippen LogP contribution in [0.25, 0.3) is 66.1 Å². The van der Waals surface area contributed by atoms with Crippen LogP contribution in [-0.2, 0) is 20.8 Å². The average molecular weight is 815 g/mol. The Bertz CT molecular complexity index is 2080. The van der Waals surface area contributed by atoms with E-state index in [-0.39, 0.29) is 0 Å². The van der Waals surface area contributed by atoms with Crippen LogP contribution in [0.15, 0.2) is 170 Å².